The van der Waals surface area contributed by atoms with Crippen molar-refractivity contribution in [3.8, 4) is 22.4 Å². The molecule has 0 saturated heterocycles. The second kappa shape index (κ2) is 6.22. The van der Waals surface area contributed by atoms with Crippen LogP contribution in [0.5, 0.6) is 0 Å². The Bertz CT molecular complexity index is 797. The lowest BCUT2D eigenvalue weighted by atomic mass is 9.79. The van der Waals surface area contributed by atoms with E-state index in [4.69, 9.17) is 0 Å². The van der Waals surface area contributed by atoms with E-state index >= 15 is 0 Å². The van der Waals surface area contributed by atoms with Crippen molar-refractivity contribution in [3.63, 3.8) is 0 Å². The van der Waals surface area contributed by atoms with Gasteiger partial charge in [0.25, 0.3) is 0 Å². The van der Waals surface area contributed by atoms with Crippen LogP contribution in [0.2, 0.25) is 0 Å². The Morgan fingerprint density at radius 2 is 1.04 bits per heavy atom. The van der Waals surface area contributed by atoms with Gasteiger partial charge in [0.05, 0.1) is 5.69 Å². The lowest BCUT2D eigenvalue weighted by molar-refractivity contribution is 0.591. The molecule has 0 saturated carbocycles. The molecule has 1 heterocycles. The predicted molar refractivity (Wildman–Crippen MR) is 109 cm³/mol. The Morgan fingerprint density at radius 3 is 1.60 bits per heavy atom. The lowest BCUT2D eigenvalue weighted by Gasteiger charge is -2.25. The number of hydrogen-bond donors (Lipinski definition) is 1. The molecule has 0 amide bonds. The third kappa shape index (κ3) is 3.42. The first-order valence-corrected chi connectivity index (χ1v) is 9.07. The van der Waals surface area contributed by atoms with Crippen molar-refractivity contribution in [3.05, 3.63) is 71.9 Å². The smallest absolute Gasteiger partial charge is 0.0536 e. The average Bonchev–Trinajstić information content (AvgIpc) is 3.02. The molecule has 1 N–H and O–H groups in total. The van der Waals surface area contributed by atoms with E-state index in [1.165, 1.54) is 33.5 Å². The second-order valence-electron chi connectivity index (χ2n) is 8.86. The number of H-pyrrole nitrogens is 1. The maximum atomic E-state index is 3.51. The summed E-state index contributed by atoms with van der Waals surface area (Å²) in [6.45, 7) is 13.7. The summed E-state index contributed by atoms with van der Waals surface area (Å²) in [4.78, 5) is 3.51. The van der Waals surface area contributed by atoms with Gasteiger partial charge >= 0.3 is 0 Å². The van der Waals surface area contributed by atoms with Gasteiger partial charge in [-0.1, -0.05) is 90.1 Å². The van der Waals surface area contributed by atoms with Crippen molar-refractivity contribution in [2.75, 3.05) is 0 Å². The lowest BCUT2D eigenvalue weighted by Crippen LogP contribution is -2.14. The minimum Gasteiger partial charge on any atom is -0.361 e. The van der Waals surface area contributed by atoms with Crippen LogP contribution >= 0.6 is 0 Å². The van der Waals surface area contributed by atoms with Gasteiger partial charge < -0.3 is 4.98 Å². The van der Waals surface area contributed by atoms with Gasteiger partial charge in [-0.3, -0.25) is 0 Å². The third-order valence-corrected chi connectivity index (χ3v) is 4.78. The standard InChI is InChI=1S/C24H29N/c1-23(2,3)20-13-9-7-11-17(20)18-15-16-25-22(18)19-12-8-10-14-21(19)24(4,5)6/h7-16,25H,1-6H3. The zero-order valence-corrected chi connectivity index (χ0v) is 16.3. The summed E-state index contributed by atoms with van der Waals surface area (Å²) < 4.78 is 0. The van der Waals surface area contributed by atoms with Crippen molar-refractivity contribution in [2.45, 2.75) is 52.4 Å². The first kappa shape index (κ1) is 17.5. The van der Waals surface area contributed by atoms with E-state index in [-0.39, 0.29) is 10.8 Å². The molecule has 3 rings (SSSR count). The second-order valence-corrected chi connectivity index (χ2v) is 8.86. The van der Waals surface area contributed by atoms with Crippen LogP contribution in [0.4, 0.5) is 0 Å². The Labute approximate surface area is 152 Å². The molecule has 130 valence electrons. The minimum atomic E-state index is 0.0997. The molecular weight excluding hydrogens is 302 g/mol. The molecule has 0 aliphatic carbocycles. The van der Waals surface area contributed by atoms with Crippen molar-refractivity contribution >= 4 is 0 Å². The largest absolute Gasteiger partial charge is 0.361 e. The summed E-state index contributed by atoms with van der Waals surface area (Å²) in [5.74, 6) is 0. The summed E-state index contributed by atoms with van der Waals surface area (Å²) >= 11 is 0. The summed E-state index contributed by atoms with van der Waals surface area (Å²) in [6.07, 6.45) is 2.06. The van der Waals surface area contributed by atoms with E-state index in [0.29, 0.717) is 0 Å². The molecule has 0 radical (unpaired) electrons. The molecule has 3 aromatic rings. The zero-order chi connectivity index (χ0) is 18.2. The number of rotatable bonds is 2. The molecule has 0 fully saturated rings. The van der Waals surface area contributed by atoms with Crippen LogP contribution in [-0.4, -0.2) is 4.98 Å². The molecule has 1 heteroatoms. The van der Waals surface area contributed by atoms with Crippen molar-refractivity contribution < 1.29 is 0 Å². The van der Waals surface area contributed by atoms with Crippen LogP contribution < -0.4 is 0 Å². The first-order chi connectivity index (χ1) is 11.7. The molecule has 0 atom stereocenters. The zero-order valence-electron chi connectivity index (χ0n) is 16.3. The fraction of sp³-hybridized carbons (Fsp3) is 0.333. The highest BCUT2D eigenvalue weighted by atomic mass is 14.7. The van der Waals surface area contributed by atoms with E-state index in [2.05, 4.69) is 107 Å². The monoisotopic (exact) mass is 331 g/mol. The molecule has 0 aliphatic heterocycles. The van der Waals surface area contributed by atoms with Gasteiger partial charge in [0.15, 0.2) is 0 Å². The Kier molecular flexibility index (Phi) is 4.36. The molecule has 25 heavy (non-hydrogen) atoms. The SMILES string of the molecule is CC(C)(C)c1ccccc1-c1cc[nH]c1-c1ccccc1C(C)(C)C. The molecular formula is C24H29N. The Balaban J connectivity index is 2.23. The molecule has 0 bridgehead atoms. The first-order valence-electron chi connectivity index (χ1n) is 9.07. The summed E-state index contributed by atoms with van der Waals surface area (Å²) in [6, 6.07) is 19.7. The van der Waals surface area contributed by atoms with E-state index in [1.807, 2.05) is 0 Å². The van der Waals surface area contributed by atoms with Crippen molar-refractivity contribution in [1.29, 1.82) is 0 Å². The maximum Gasteiger partial charge on any atom is 0.0536 e. The van der Waals surface area contributed by atoms with Crippen molar-refractivity contribution in [2.24, 2.45) is 0 Å². The van der Waals surface area contributed by atoms with E-state index < -0.39 is 0 Å². The number of aromatic amines is 1. The Hall–Kier alpha value is -2.28. The van der Waals surface area contributed by atoms with Crippen LogP contribution in [0, 0.1) is 0 Å². The fourth-order valence-electron chi connectivity index (χ4n) is 3.54. The normalized spacial score (nSPS) is 12.4. The number of nitrogens with one attached hydrogen (secondary N) is 1. The van der Waals surface area contributed by atoms with Crippen LogP contribution in [0.25, 0.3) is 22.4 Å². The van der Waals surface area contributed by atoms with Gasteiger partial charge in [0.2, 0.25) is 0 Å². The highest BCUT2D eigenvalue weighted by molar-refractivity contribution is 5.85. The van der Waals surface area contributed by atoms with Gasteiger partial charge in [-0.2, -0.15) is 0 Å². The molecule has 2 aromatic carbocycles. The predicted octanol–water partition coefficient (Wildman–Crippen LogP) is 6.94. The molecule has 1 nitrogen and oxygen atoms in total. The number of hydrogen-bond acceptors (Lipinski definition) is 0. The summed E-state index contributed by atoms with van der Waals surface area (Å²) in [5, 5.41) is 0. The van der Waals surface area contributed by atoms with Crippen LogP contribution in [0.3, 0.4) is 0 Å². The summed E-state index contributed by atoms with van der Waals surface area (Å²) in [5.41, 5.74) is 8.05. The average molecular weight is 332 g/mol. The highest BCUT2D eigenvalue weighted by Gasteiger charge is 2.23. The third-order valence-electron chi connectivity index (χ3n) is 4.78. The number of aromatic nitrogens is 1. The molecule has 0 spiro atoms. The topological polar surface area (TPSA) is 15.8 Å². The van der Waals surface area contributed by atoms with Gasteiger partial charge in [0.1, 0.15) is 0 Å². The summed E-state index contributed by atoms with van der Waals surface area (Å²) in [7, 11) is 0. The molecule has 0 unspecified atom stereocenters. The quantitative estimate of drug-likeness (QED) is 0.523. The Morgan fingerprint density at radius 1 is 0.560 bits per heavy atom. The van der Waals surface area contributed by atoms with Crippen LogP contribution in [0.1, 0.15) is 52.7 Å². The van der Waals surface area contributed by atoms with Crippen LogP contribution in [-0.2, 0) is 10.8 Å². The van der Waals surface area contributed by atoms with E-state index in [0.717, 1.165) is 0 Å². The van der Waals surface area contributed by atoms with Crippen molar-refractivity contribution in [1.82, 2.24) is 4.98 Å². The van der Waals surface area contributed by atoms with Crippen LogP contribution in [0.15, 0.2) is 60.8 Å². The fourth-order valence-corrected chi connectivity index (χ4v) is 3.54. The number of benzene rings is 2. The van der Waals surface area contributed by atoms with E-state index in [1.54, 1.807) is 0 Å². The molecule has 0 aliphatic rings. The van der Waals surface area contributed by atoms with Gasteiger partial charge in [0, 0.05) is 17.3 Å². The highest BCUT2D eigenvalue weighted by Crippen LogP contribution is 2.40. The minimum absolute atomic E-state index is 0.0997. The van der Waals surface area contributed by atoms with Gasteiger partial charge in [-0.05, 0) is 33.6 Å². The van der Waals surface area contributed by atoms with Gasteiger partial charge in [-0.15, -0.1) is 0 Å². The molecule has 1 aromatic heterocycles. The maximum absolute atomic E-state index is 3.51. The van der Waals surface area contributed by atoms with E-state index in [9.17, 15) is 0 Å². The van der Waals surface area contributed by atoms with Gasteiger partial charge in [-0.25, -0.2) is 0 Å².